The second-order valence-corrected chi connectivity index (χ2v) is 10.8. The average Bonchev–Trinajstić information content (AvgIpc) is 2.60. The highest BCUT2D eigenvalue weighted by atomic mass is 79.9. The Hall–Kier alpha value is 0.0200. The summed E-state index contributed by atoms with van der Waals surface area (Å²) < 4.78 is 22.1. The zero-order valence-corrected chi connectivity index (χ0v) is 18.2. The molecule has 0 spiro atoms. The van der Waals surface area contributed by atoms with Crippen molar-refractivity contribution in [1.29, 1.82) is 0 Å². The summed E-state index contributed by atoms with van der Waals surface area (Å²) in [5.74, 6) is 0.0644. The fourth-order valence-electron chi connectivity index (χ4n) is 5.21. The molecule has 0 heterocycles. The molecule has 27 heavy (non-hydrogen) atoms. The van der Waals surface area contributed by atoms with Gasteiger partial charge in [-0.3, -0.25) is 9.32 Å². The standard InChI is InChI=1S/C18H31BrNO6P/c1-25-16-5-3-2-4-15(16)20-18(21)14-9-12-8-13(19)7-6-11(12)10-17(14)26-27(22,23)24/h11-17H,2-10H2,1H3,(H,20,21)(H2,22,23,24). The minimum absolute atomic E-state index is 0.00166. The molecule has 0 aromatic carbocycles. The third kappa shape index (κ3) is 5.77. The van der Waals surface area contributed by atoms with Gasteiger partial charge in [0.2, 0.25) is 5.91 Å². The third-order valence-electron chi connectivity index (χ3n) is 6.56. The van der Waals surface area contributed by atoms with E-state index in [-0.39, 0.29) is 18.1 Å². The van der Waals surface area contributed by atoms with E-state index in [0.29, 0.717) is 29.5 Å². The summed E-state index contributed by atoms with van der Waals surface area (Å²) in [6, 6.07) is -0.0417. The smallest absolute Gasteiger partial charge is 0.379 e. The van der Waals surface area contributed by atoms with E-state index in [1.807, 2.05) is 0 Å². The predicted molar refractivity (Wildman–Crippen MR) is 104 cm³/mol. The largest absolute Gasteiger partial charge is 0.469 e. The lowest BCUT2D eigenvalue weighted by atomic mass is 9.66. The number of alkyl halides is 1. The summed E-state index contributed by atoms with van der Waals surface area (Å²) >= 11 is 3.70. The van der Waals surface area contributed by atoms with Crippen LogP contribution in [-0.2, 0) is 18.6 Å². The molecule has 7 unspecified atom stereocenters. The maximum absolute atomic E-state index is 13.1. The van der Waals surface area contributed by atoms with Gasteiger partial charge in [-0.25, -0.2) is 4.57 Å². The van der Waals surface area contributed by atoms with Crippen LogP contribution in [0.4, 0.5) is 0 Å². The van der Waals surface area contributed by atoms with Crippen molar-refractivity contribution >= 4 is 29.7 Å². The Bertz CT molecular complexity index is 572. The number of hydrogen-bond donors (Lipinski definition) is 3. The van der Waals surface area contributed by atoms with Crippen LogP contribution in [0.3, 0.4) is 0 Å². The van der Waals surface area contributed by atoms with Crippen LogP contribution < -0.4 is 5.32 Å². The first-order chi connectivity index (χ1) is 12.8. The quantitative estimate of drug-likeness (QED) is 0.423. The van der Waals surface area contributed by atoms with E-state index in [2.05, 4.69) is 21.2 Å². The van der Waals surface area contributed by atoms with Gasteiger partial charge in [-0.2, -0.15) is 0 Å². The number of carbonyl (C=O) groups is 1. The molecule has 0 saturated heterocycles. The molecule has 3 N–H and O–H groups in total. The van der Waals surface area contributed by atoms with Crippen molar-refractivity contribution in [3.63, 3.8) is 0 Å². The Labute approximate surface area is 169 Å². The topological polar surface area (TPSA) is 105 Å². The Morgan fingerprint density at radius 3 is 2.48 bits per heavy atom. The third-order valence-corrected chi connectivity index (χ3v) is 7.94. The van der Waals surface area contributed by atoms with E-state index in [0.717, 1.165) is 44.9 Å². The van der Waals surface area contributed by atoms with Crippen LogP contribution in [0.5, 0.6) is 0 Å². The van der Waals surface area contributed by atoms with Gasteiger partial charge in [0.1, 0.15) is 0 Å². The number of hydrogen-bond acceptors (Lipinski definition) is 4. The number of methoxy groups -OCH3 is 1. The number of halogens is 1. The first-order valence-electron chi connectivity index (χ1n) is 9.98. The molecule has 0 bridgehead atoms. The van der Waals surface area contributed by atoms with Crippen molar-refractivity contribution < 1.29 is 28.4 Å². The van der Waals surface area contributed by atoms with Gasteiger partial charge in [0, 0.05) is 11.9 Å². The second-order valence-electron chi connectivity index (χ2n) is 8.32. The molecule has 0 aromatic rings. The number of fused-ring (bicyclic) bond motifs is 1. The summed E-state index contributed by atoms with van der Waals surface area (Å²) in [5.41, 5.74) is 0. The molecular weight excluding hydrogens is 437 g/mol. The monoisotopic (exact) mass is 467 g/mol. The summed E-state index contributed by atoms with van der Waals surface area (Å²) in [7, 11) is -2.98. The van der Waals surface area contributed by atoms with Gasteiger partial charge in [-0.05, 0) is 56.8 Å². The lowest BCUT2D eigenvalue weighted by molar-refractivity contribution is -0.134. The Morgan fingerprint density at radius 2 is 1.78 bits per heavy atom. The van der Waals surface area contributed by atoms with Crippen LogP contribution in [0, 0.1) is 17.8 Å². The highest BCUT2D eigenvalue weighted by Gasteiger charge is 2.45. The number of nitrogens with one attached hydrogen (secondary N) is 1. The highest BCUT2D eigenvalue weighted by molar-refractivity contribution is 9.09. The van der Waals surface area contributed by atoms with Gasteiger partial charge in [0.05, 0.1) is 24.2 Å². The van der Waals surface area contributed by atoms with Gasteiger partial charge < -0.3 is 19.8 Å². The van der Waals surface area contributed by atoms with E-state index in [1.165, 1.54) is 0 Å². The lowest BCUT2D eigenvalue weighted by Crippen LogP contribution is -2.52. The molecule has 7 nitrogen and oxygen atoms in total. The van der Waals surface area contributed by atoms with Crippen molar-refractivity contribution in [3.8, 4) is 0 Å². The number of phosphoric ester groups is 1. The molecule has 9 heteroatoms. The fraction of sp³-hybridized carbons (Fsp3) is 0.944. The van der Waals surface area contributed by atoms with Crippen molar-refractivity contribution in [2.75, 3.05) is 7.11 Å². The minimum Gasteiger partial charge on any atom is -0.379 e. The molecule has 1 amide bonds. The molecular formula is C18H31BrNO6P. The van der Waals surface area contributed by atoms with Gasteiger partial charge in [0.25, 0.3) is 0 Å². The van der Waals surface area contributed by atoms with Gasteiger partial charge >= 0.3 is 7.82 Å². The highest BCUT2D eigenvalue weighted by Crippen LogP contribution is 2.49. The van der Waals surface area contributed by atoms with E-state index < -0.39 is 19.8 Å². The zero-order chi connectivity index (χ0) is 19.6. The molecule has 3 fully saturated rings. The van der Waals surface area contributed by atoms with Crippen LogP contribution in [0.25, 0.3) is 0 Å². The van der Waals surface area contributed by atoms with Crippen molar-refractivity contribution in [2.24, 2.45) is 17.8 Å². The van der Waals surface area contributed by atoms with E-state index in [9.17, 15) is 19.1 Å². The average molecular weight is 468 g/mol. The van der Waals surface area contributed by atoms with E-state index in [1.54, 1.807) is 7.11 Å². The van der Waals surface area contributed by atoms with Crippen molar-refractivity contribution in [1.82, 2.24) is 5.32 Å². The summed E-state index contributed by atoms with van der Waals surface area (Å²) in [6.45, 7) is 0. The Balaban J connectivity index is 1.71. The molecule has 3 rings (SSSR count). The number of phosphoric acid groups is 1. The molecule has 3 saturated carbocycles. The molecule has 0 aromatic heterocycles. The molecule has 0 aliphatic heterocycles. The molecule has 0 radical (unpaired) electrons. The summed E-state index contributed by atoms with van der Waals surface area (Å²) in [5, 5.41) is 3.10. The minimum atomic E-state index is -4.65. The van der Waals surface area contributed by atoms with Gasteiger partial charge in [0.15, 0.2) is 0 Å². The van der Waals surface area contributed by atoms with E-state index in [4.69, 9.17) is 9.26 Å². The number of ether oxygens (including phenoxy) is 1. The first kappa shape index (κ1) is 21.7. The molecule has 156 valence electrons. The van der Waals surface area contributed by atoms with Crippen molar-refractivity contribution in [3.05, 3.63) is 0 Å². The van der Waals surface area contributed by atoms with E-state index >= 15 is 0 Å². The summed E-state index contributed by atoms with van der Waals surface area (Å²) in [4.78, 5) is 32.2. The second kappa shape index (κ2) is 9.23. The Morgan fingerprint density at radius 1 is 1.04 bits per heavy atom. The molecule has 7 atom stereocenters. The van der Waals surface area contributed by atoms with Crippen LogP contribution in [0.1, 0.15) is 57.8 Å². The summed E-state index contributed by atoms with van der Waals surface area (Å²) in [6.07, 6.45) is 7.41. The van der Waals surface area contributed by atoms with Crippen LogP contribution >= 0.6 is 23.8 Å². The SMILES string of the molecule is COC1CCCCC1NC(=O)C1CC2CC(Br)CCC2CC1OP(=O)(O)O. The van der Waals surface area contributed by atoms with Gasteiger partial charge in [-0.15, -0.1) is 0 Å². The number of rotatable bonds is 5. The van der Waals surface area contributed by atoms with Crippen LogP contribution in [0.2, 0.25) is 0 Å². The first-order valence-corrected chi connectivity index (χ1v) is 12.4. The van der Waals surface area contributed by atoms with Crippen LogP contribution in [-0.4, -0.2) is 45.9 Å². The maximum atomic E-state index is 13.1. The molecule has 3 aliphatic carbocycles. The fourth-order valence-corrected chi connectivity index (χ4v) is 6.54. The van der Waals surface area contributed by atoms with Gasteiger partial charge in [-0.1, -0.05) is 28.8 Å². The van der Waals surface area contributed by atoms with Crippen LogP contribution in [0.15, 0.2) is 0 Å². The molecule has 3 aliphatic rings. The normalized spacial score (nSPS) is 40.2. The Kier molecular flexibility index (Phi) is 7.42. The predicted octanol–water partition coefficient (Wildman–Crippen LogP) is 3.13. The van der Waals surface area contributed by atoms with Crippen molar-refractivity contribution in [2.45, 2.75) is 80.9 Å². The maximum Gasteiger partial charge on any atom is 0.469 e. The number of carbonyl (C=O) groups excluding carboxylic acids is 1. The number of amides is 1. The zero-order valence-electron chi connectivity index (χ0n) is 15.8. The lowest BCUT2D eigenvalue weighted by Gasteiger charge is -2.44.